The maximum absolute atomic E-state index is 9.71. The fraction of sp³-hybridized carbons (Fsp3) is 0.600. The molecule has 1 aromatic carbocycles. The smallest absolute Gasteiger partial charge is 0.119 e. The van der Waals surface area contributed by atoms with Crippen LogP contribution in [0.15, 0.2) is 24.3 Å². The Morgan fingerprint density at radius 3 is 2.72 bits per heavy atom. The Morgan fingerprint density at radius 1 is 1.39 bits per heavy atom. The van der Waals surface area contributed by atoms with Crippen molar-refractivity contribution in [2.45, 2.75) is 18.8 Å². The quantitative estimate of drug-likeness (QED) is 0.887. The second-order valence-electron chi connectivity index (χ2n) is 5.21. The van der Waals surface area contributed by atoms with Gasteiger partial charge in [0.15, 0.2) is 0 Å². The van der Waals surface area contributed by atoms with Gasteiger partial charge in [-0.2, -0.15) is 0 Å². The van der Waals surface area contributed by atoms with E-state index in [-0.39, 0.29) is 12.5 Å². The molecule has 0 radical (unpaired) electrons. The van der Waals surface area contributed by atoms with Crippen LogP contribution in [0.5, 0.6) is 5.75 Å². The average molecular weight is 249 g/mol. The van der Waals surface area contributed by atoms with Gasteiger partial charge in [-0.1, -0.05) is 12.1 Å². The molecule has 0 aromatic heterocycles. The maximum Gasteiger partial charge on any atom is 0.119 e. The number of nitrogens with zero attached hydrogens (tertiary/aromatic N) is 1. The van der Waals surface area contributed by atoms with Crippen molar-refractivity contribution in [3.8, 4) is 5.75 Å². The first kappa shape index (κ1) is 13.4. The van der Waals surface area contributed by atoms with Gasteiger partial charge in [0.2, 0.25) is 0 Å². The van der Waals surface area contributed by atoms with Crippen LogP contribution in [0, 0.1) is 5.92 Å². The number of benzene rings is 1. The molecule has 2 rings (SSSR count). The lowest BCUT2D eigenvalue weighted by Crippen LogP contribution is -2.33. The van der Waals surface area contributed by atoms with Gasteiger partial charge in [0.25, 0.3) is 0 Å². The Labute approximate surface area is 109 Å². The molecule has 1 unspecified atom stereocenters. The van der Waals surface area contributed by atoms with E-state index in [1.165, 1.54) is 18.4 Å². The maximum atomic E-state index is 9.71. The molecule has 1 aliphatic heterocycles. The van der Waals surface area contributed by atoms with Crippen LogP contribution in [-0.4, -0.2) is 43.9 Å². The summed E-state index contributed by atoms with van der Waals surface area (Å²) in [4.78, 5) is 2.36. The van der Waals surface area contributed by atoms with E-state index >= 15 is 0 Å². The molecule has 0 saturated carbocycles. The van der Waals surface area contributed by atoms with Crippen LogP contribution in [0.25, 0.3) is 0 Å². The highest BCUT2D eigenvalue weighted by molar-refractivity contribution is 5.31. The Kier molecular flexibility index (Phi) is 4.61. The second kappa shape index (κ2) is 6.21. The molecule has 3 heteroatoms. The number of hydrogen-bond donors (Lipinski definition) is 1. The van der Waals surface area contributed by atoms with Crippen LogP contribution >= 0.6 is 0 Å². The van der Waals surface area contributed by atoms with Crippen molar-refractivity contribution < 1.29 is 9.84 Å². The first-order valence-corrected chi connectivity index (χ1v) is 6.68. The SMILES string of the molecule is COc1cccc(C(CO)C2CCN(C)CC2)c1. The number of aliphatic hydroxyl groups excluding tert-OH is 1. The molecule has 0 amide bonds. The Balaban J connectivity index is 2.11. The minimum absolute atomic E-state index is 0.224. The number of methoxy groups -OCH3 is 1. The standard InChI is InChI=1S/C15H23NO2/c1-16-8-6-12(7-9-16)15(11-17)13-4-3-5-14(10-13)18-2/h3-5,10,12,15,17H,6-9,11H2,1-2H3. The molecule has 1 aromatic rings. The molecule has 100 valence electrons. The van der Waals surface area contributed by atoms with Gasteiger partial charge in [-0.05, 0) is 56.6 Å². The molecule has 1 saturated heterocycles. The fourth-order valence-corrected chi connectivity index (χ4v) is 2.83. The van der Waals surface area contributed by atoms with Crippen molar-refractivity contribution in [1.82, 2.24) is 4.90 Å². The predicted molar refractivity (Wildman–Crippen MR) is 73.0 cm³/mol. The summed E-state index contributed by atoms with van der Waals surface area (Å²) < 4.78 is 5.26. The summed E-state index contributed by atoms with van der Waals surface area (Å²) in [5, 5.41) is 9.71. The number of hydrogen-bond acceptors (Lipinski definition) is 3. The van der Waals surface area contributed by atoms with E-state index in [0.29, 0.717) is 5.92 Å². The fourth-order valence-electron chi connectivity index (χ4n) is 2.83. The van der Waals surface area contributed by atoms with E-state index in [9.17, 15) is 5.11 Å². The third kappa shape index (κ3) is 3.03. The molecular weight excluding hydrogens is 226 g/mol. The lowest BCUT2D eigenvalue weighted by molar-refractivity contribution is 0.156. The van der Waals surface area contributed by atoms with Gasteiger partial charge in [0.05, 0.1) is 13.7 Å². The van der Waals surface area contributed by atoms with Crippen molar-refractivity contribution >= 4 is 0 Å². The Bertz CT molecular complexity index is 373. The largest absolute Gasteiger partial charge is 0.497 e. The molecule has 1 heterocycles. The van der Waals surface area contributed by atoms with Crippen LogP contribution in [0.1, 0.15) is 24.3 Å². The summed E-state index contributed by atoms with van der Waals surface area (Å²) in [5.74, 6) is 1.70. The van der Waals surface area contributed by atoms with Gasteiger partial charge in [-0.15, -0.1) is 0 Å². The zero-order valence-corrected chi connectivity index (χ0v) is 11.3. The summed E-state index contributed by atoms with van der Waals surface area (Å²) in [6.07, 6.45) is 2.33. The van der Waals surface area contributed by atoms with Crippen LogP contribution in [0.3, 0.4) is 0 Å². The molecule has 0 bridgehead atoms. The third-order valence-electron chi connectivity index (χ3n) is 4.05. The van der Waals surface area contributed by atoms with Gasteiger partial charge in [-0.3, -0.25) is 0 Å². The number of ether oxygens (including phenoxy) is 1. The molecule has 0 aliphatic carbocycles. The number of aliphatic hydroxyl groups is 1. The molecule has 0 spiro atoms. The van der Waals surface area contributed by atoms with E-state index in [1.807, 2.05) is 12.1 Å². The first-order chi connectivity index (χ1) is 8.74. The zero-order valence-electron chi connectivity index (χ0n) is 11.3. The third-order valence-corrected chi connectivity index (χ3v) is 4.05. The van der Waals surface area contributed by atoms with E-state index < -0.39 is 0 Å². The Hall–Kier alpha value is -1.06. The summed E-state index contributed by atoms with van der Waals surface area (Å²) in [6.45, 7) is 2.48. The predicted octanol–water partition coefficient (Wildman–Crippen LogP) is 2.11. The summed E-state index contributed by atoms with van der Waals surface area (Å²) >= 11 is 0. The van der Waals surface area contributed by atoms with Gasteiger partial charge in [-0.25, -0.2) is 0 Å². The average Bonchev–Trinajstić information content (AvgIpc) is 2.42. The van der Waals surface area contributed by atoms with Crippen molar-refractivity contribution in [1.29, 1.82) is 0 Å². The minimum atomic E-state index is 0.224. The number of piperidine rings is 1. The van der Waals surface area contributed by atoms with Crippen molar-refractivity contribution in [3.63, 3.8) is 0 Å². The van der Waals surface area contributed by atoms with E-state index in [1.54, 1.807) is 7.11 Å². The highest BCUT2D eigenvalue weighted by Crippen LogP contribution is 2.33. The van der Waals surface area contributed by atoms with E-state index in [2.05, 4.69) is 24.1 Å². The lowest BCUT2D eigenvalue weighted by atomic mass is 9.80. The Morgan fingerprint density at radius 2 is 2.11 bits per heavy atom. The van der Waals surface area contributed by atoms with Gasteiger partial charge in [0.1, 0.15) is 5.75 Å². The van der Waals surface area contributed by atoms with Crippen LogP contribution in [0.2, 0.25) is 0 Å². The van der Waals surface area contributed by atoms with E-state index in [0.717, 1.165) is 18.8 Å². The van der Waals surface area contributed by atoms with Gasteiger partial charge >= 0.3 is 0 Å². The number of likely N-dealkylation sites (tertiary alicyclic amines) is 1. The van der Waals surface area contributed by atoms with Crippen LogP contribution in [-0.2, 0) is 0 Å². The van der Waals surface area contributed by atoms with Crippen LogP contribution < -0.4 is 4.74 Å². The monoisotopic (exact) mass is 249 g/mol. The number of rotatable bonds is 4. The molecular formula is C15H23NO2. The van der Waals surface area contributed by atoms with Crippen LogP contribution in [0.4, 0.5) is 0 Å². The molecule has 1 atom stereocenters. The summed E-state index contributed by atoms with van der Waals surface area (Å²) in [5.41, 5.74) is 1.20. The first-order valence-electron chi connectivity index (χ1n) is 6.68. The topological polar surface area (TPSA) is 32.7 Å². The van der Waals surface area contributed by atoms with Gasteiger partial charge in [0, 0.05) is 5.92 Å². The normalized spacial score (nSPS) is 19.7. The zero-order chi connectivity index (χ0) is 13.0. The lowest BCUT2D eigenvalue weighted by Gasteiger charge is -2.33. The summed E-state index contributed by atoms with van der Waals surface area (Å²) in [6, 6.07) is 8.11. The molecule has 18 heavy (non-hydrogen) atoms. The molecule has 1 fully saturated rings. The highest BCUT2D eigenvalue weighted by atomic mass is 16.5. The second-order valence-corrected chi connectivity index (χ2v) is 5.21. The molecule has 1 aliphatic rings. The molecule has 1 N–H and O–H groups in total. The van der Waals surface area contributed by atoms with Crippen molar-refractivity contribution in [2.75, 3.05) is 33.9 Å². The van der Waals surface area contributed by atoms with Crippen molar-refractivity contribution in [2.24, 2.45) is 5.92 Å². The van der Waals surface area contributed by atoms with Crippen molar-refractivity contribution in [3.05, 3.63) is 29.8 Å². The van der Waals surface area contributed by atoms with E-state index in [4.69, 9.17) is 4.74 Å². The van der Waals surface area contributed by atoms with Gasteiger partial charge < -0.3 is 14.7 Å². The minimum Gasteiger partial charge on any atom is -0.497 e. The highest BCUT2D eigenvalue weighted by Gasteiger charge is 2.26. The molecule has 3 nitrogen and oxygen atoms in total. The summed E-state index contributed by atoms with van der Waals surface area (Å²) in [7, 11) is 3.85.